The largest absolute Gasteiger partial charge is 0.394 e. The molecule has 0 atom stereocenters. The summed E-state index contributed by atoms with van der Waals surface area (Å²) in [5.74, 6) is 0. The van der Waals surface area contributed by atoms with E-state index in [1.807, 2.05) is 18.2 Å². The lowest BCUT2D eigenvalue weighted by Gasteiger charge is -2.04. The Morgan fingerprint density at radius 3 is 2.75 bits per heavy atom. The highest BCUT2D eigenvalue weighted by atomic mass is 16.5. The van der Waals surface area contributed by atoms with Gasteiger partial charge in [0.25, 0.3) is 0 Å². The maximum Gasteiger partial charge on any atom is 0.0720 e. The highest BCUT2D eigenvalue weighted by Gasteiger charge is 1.95. The average molecular weight is 166 g/mol. The molecule has 2 heteroatoms. The molecule has 0 saturated carbocycles. The standard InChI is InChI=1S/C10H14O2/c1-9-4-2-3-5-10(9)8-12-7-6-11/h2-5,11H,6-8H2,1H3. The SMILES string of the molecule is Cc1ccccc1COCCO. The lowest BCUT2D eigenvalue weighted by Crippen LogP contribution is -2.00. The zero-order valence-corrected chi connectivity index (χ0v) is 7.29. The van der Waals surface area contributed by atoms with Crippen LogP contribution in [0.1, 0.15) is 11.1 Å². The number of aliphatic hydroxyl groups is 1. The second-order valence-corrected chi connectivity index (χ2v) is 2.70. The van der Waals surface area contributed by atoms with Crippen LogP contribution in [0.25, 0.3) is 0 Å². The van der Waals surface area contributed by atoms with Crippen molar-refractivity contribution in [2.24, 2.45) is 0 Å². The summed E-state index contributed by atoms with van der Waals surface area (Å²) in [5.41, 5.74) is 2.42. The number of rotatable bonds is 4. The highest BCUT2D eigenvalue weighted by Crippen LogP contribution is 2.07. The van der Waals surface area contributed by atoms with E-state index in [0.717, 1.165) is 0 Å². The molecule has 2 nitrogen and oxygen atoms in total. The molecule has 0 aliphatic rings. The van der Waals surface area contributed by atoms with Crippen molar-refractivity contribution in [1.29, 1.82) is 0 Å². The Balaban J connectivity index is 2.46. The van der Waals surface area contributed by atoms with Crippen LogP contribution in [0.5, 0.6) is 0 Å². The van der Waals surface area contributed by atoms with Crippen molar-refractivity contribution in [3.05, 3.63) is 35.4 Å². The molecule has 66 valence electrons. The van der Waals surface area contributed by atoms with E-state index >= 15 is 0 Å². The van der Waals surface area contributed by atoms with Crippen molar-refractivity contribution in [2.75, 3.05) is 13.2 Å². The minimum Gasteiger partial charge on any atom is -0.394 e. The number of aryl methyl sites for hydroxylation is 1. The molecule has 0 unspecified atom stereocenters. The third kappa shape index (κ3) is 2.64. The van der Waals surface area contributed by atoms with E-state index in [9.17, 15) is 0 Å². The van der Waals surface area contributed by atoms with Crippen LogP contribution in [0, 0.1) is 6.92 Å². The molecule has 1 rings (SSSR count). The van der Waals surface area contributed by atoms with Crippen molar-refractivity contribution in [3.8, 4) is 0 Å². The van der Waals surface area contributed by atoms with Crippen LogP contribution >= 0.6 is 0 Å². The second kappa shape index (κ2) is 4.91. The first-order valence-electron chi connectivity index (χ1n) is 4.07. The number of hydrogen-bond acceptors (Lipinski definition) is 2. The van der Waals surface area contributed by atoms with Crippen LogP contribution in [-0.2, 0) is 11.3 Å². The van der Waals surface area contributed by atoms with Gasteiger partial charge in [0.1, 0.15) is 0 Å². The normalized spacial score (nSPS) is 10.2. The monoisotopic (exact) mass is 166 g/mol. The number of ether oxygens (including phenoxy) is 1. The van der Waals surface area contributed by atoms with Crippen LogP contribution in [0.2, 0.25) is 0 Å². The summed E-state index contributed by atoms with van der Waals surface area (Å²) in [6, 6.07) is 8.08. The summed E-state index contributed by atoms with van der Waals surface area (Å²) in [7, 11) is 0. The van der Waals surface area contributed by atoms with Crippen molar-refractivity contribution in [3.63, 3.8) is 0 Å². The van der Waals surface area contributed by atoms with Crippen LogP contribution in [0.4, 0.5) is 0 Å². The number of aliphatic hydroxyl groups excluding tert-OH is 1. The van der Waals surface area contributed by atoms with Crippen molar-refractivity contribution >= 4 is 0 Å². The van der Waals surface area contributed by atoms with Crippen molar-refractivity contribution < 1.29 is 9.84 Å². The zero-order chi connectivity index (χ0) is 8.81. The van der Waals surface area contributed by atoms with Gasteiger partial charge in [-0.15, -0.1) is 0 Å². The van der Waals surface area contributed by atoms with E-state index < -0.39 is 0 Å². The molecular formula is C10H14O2. The zero-order valence-electron chi connectivity index (χ0n) is 7.29. The van der Waals surface area contributed by atoms with Gasteiger partial charge in [0.05, 0.1) is 19.8 Å². The summed E-state index contributed by atoms with van der Waals surface area (Å²) in [6.45, 7) is 3.14. The number of benzene rings is 1. The van der Waals surface area contributed by atoms with Gasteiger partial charge in [-0.3, -0.25) is 0 Å². The van der Waals surface area contributed by atoms with Gasteiger partial charge in [0.15, 0.2) is 0 Å². The van der Waals surface area contributed by atoms with E-state index in [0.29, 0.717) is 13.2 Å². The average Bonchev–Trinajstić information content (AvgIpc) is 2.09. The molecule has 1 aromatic carbocycles. The van der Waals surface area contributed by atoms with Gasteiger partial charge < -0.3 is 9.84 Å². The lowest BCUT2D eigenvalue weighted by atomic mass is 10.1. The fraction of sp³-hybridized carbons (Fsp3) is 0.400. The lowest BCUT2D eigenvalue weighted by molar-refractivity contribution is 0.0813. The maximum absolute atomic E-state index is 8.49. The molecule has 0 bridgehead atoms. The van der Waals surface area contributed by atoms with Gasteiger partial charge in [-0.25, -0.2) is 0 Å². The van der Waals surface area contributed by atoms with Gasteiger partial charge in [0, 0.05) is 0 Å². The highest BCUT2D eigenvalue weighted by molar-refractivity contribution is 5.24. The van der Waals surface area contributed by atoms with Crippen LogP contribution in [0.15, 0.2) is 24.3 Å². The Labute approximate surface area is 72.8 Å². The number of hydrogen-bond donors (Lipinski definition) is 1. The summed E-state index contributed by atoms with van der Waals surface area (Å²) in [4.78, 5) is 0. The van der Waals surface area contributed by atoms with E-state index in [4.69, 9.17) is 9.84 Å². The Morgan fingerprint density at radius 1 is 1.33 bits per heavy atom. The molecule has 0 fully saturated rings. The summed E-state index contributed by atoms with van der Waals surface area (Å²) >= 11 is 0. The summed E-state index contributed by atoms with van der Waals surface area (Å²) < 4.78 is 5.20. The second-order valence-electron chi connectivity index (χ2n) is 2.70. The summed E-state index contributed by atoms with van der Waals surface area (Å²) in [6.07, 6.45) is 0. The van der Waals surface area contributed by atoms with Crippen LogP contribution in [0.3, 0.4) is 0 Å². The van der Waals surface area contributed by atoms with Crippen molar-refractivity contribution in [2.45, 2.75) is 13.5 Å². The first-order chi connectivity index (χ1) is 5.84. The molecule has 0 aliphatic carbocycles. The van der Waals surface area contributed by atoms with Crippen LogP contribution in [-0.4, -0.2) is 18.3 Å². The summed E-state index contributed by atoms with van der Waals surface area (Å²) in [5, 5.41) is 8.49. The van der Waals surface area contributed by atoms with E-state index in [-0.39, 0.29) is 6.61 Å². The molecule has 1 N–H and O–H groups in total. The fourth-order valence-corrected chi connectivity index (χ4v) is 1.02. The first kappa shape index (κ1) is 9.23. The van der Waals surface area contributed by atoms with Gasteiger partial charge >= 0.3 is 0 Å². The molecule has 12 heavy (non-hydrogen) atoms. The Kier molecular flexibility index (Phi) is 3.77. The van der Waals surface area contributed by atoms with Gasteiger partial charge in [-0.1, -0.05) is 24.3 Å². The smallest absolute Gasteiger partial charge is 0.0720 e. The Hall–Kier alpha value is -0.860. The Morgan fingerprint density at radius 2 is 2.08 bits per heavy atom. The van der Waals surface area contributed by atoms with Crippen molar-refractivity contribution in [1.82, 2.24) is 0 Å². The molecule has 0 radical (unpaired) electrons. The minimum absolute atomic E-state index is 0.0892. The quantitative estimate of drug-likeness (QED) is 0.687. The third-order valence-electron chi connectivity index (χ3n) is 1.75. The molecule has 0 saturated heterocycles. The molecule has 0 heterocycles. The molecule has 0 spiro atoms. The van der Waals surface area contributed by atoms with Gasteiger partial charge in [0.2, 0.25) is 0 Å². The Bertz CT molecular complexity index is 233. The molecule has 1 aromatic rings. The molecule has 0 amide bonds. The maximum atomic E-state index is 8.49. The van der Waals surface area contributed by atoms with E-state index in [1.165, 1.54) is 11.1 Å². The van der Waals surface area contributed by atoms with E-state index in [2.05, 4.69) is 13.0 Å². The first-order valence-corrected chi connectivity index (χ1v) is 4.07. The topological polar surface area (TPSA) is 29.5 Å². The molecule has 0 aromatic heterocycles. The third-order valence-corrected chi connectivity index (χ3v) is 1.75. The van der Waals surface area contributed by atoms with Crippen LogP contribution < -0.4 is 0 Å². The predicted octanol–water partition coefficient (Wildman–Crippen LogP) is 1.50. The molecular weight excluding hydrogens is 152 g/mol. The molecule has 0 aliphatic heterocycles. The minimum atomic E-state index is 0.0892. The van der Waals surface area contributed by atoms with Gasteiger partial charge in [-0.05, 0) is 18.1 Å². The fourth-order valence-electron chi connectivity index (χ4n) is 1.02. The van der Waals surface area contributed by atoms with E-state index in [1.54, 1.807) is 0 Å². The predicted molar refractivity (Wildman–Crippen MR) is 47.9 cm³/mol. The van der Waals surface area contributed by atoms with Gasteiger partial charge in [-0.2, -0.15) is 0 Å².